The van der Waals surface area contributed by atoms with Crippen LogP contribution in [0.4, 0.5) is 5.69 Å². The summed E-state index contributed by atoms with van der Waals surface area (Å²) in [7, 11) is 0. The van der Waals surface area contributed by atoms with Crippen molar-refractivity contribution in [3.8, 4) is 5.69 Å². The first-order chi connectivity index (χ1) is 9.74. The fourth-order valence-electron chi connectivity index (χ4n) is 2.12. The van der Waals surface area contributed by atoms with Crippen LogP contribution in [0.5, 0.6) is 0 Å². The topological polar surface area (TPSA) is 55.9 Å². The third-order valence-electron chi connectivity index (χ3n) is 3.13. The predicted molar refractivity (Wildman–Crippen MR) is 76.8 cm³/mol. The van der Waals surface area contributed by atoms with Gasteiger partial charge < -0.3 is 9.73 Å². The van der Waals surface area contributed by atoms with Gasteiger partial charge in [-0.05, 0) is 38.1 Å². The van der Waals surface area contributed by atoms with E-state index in [4.69, 9.17) is 4.42 Å². The molecule has 1 aromatic carbocycles. The standard InChI is InChI=1S/C15H16N4O/c1-11-7-8-15(20-11)12(2)17-13-5-3-4-6-14(13)19-10-9-16-18-19/h3-10,12,17H,1-2H3. The van der Waals surface area contributed by atoms with E-state index in [0.29, 0.717) is 0 Å². The molecule has 5 nitrogen and oxygen atoms in total. The van der Waals surface area contributed by atoms with Gasteiger partial charge in [0.25, 0.3) is 0 Å². The molecule has 2 heterocycles. The minimum atomic E-state index is 0.0772. The lowest BCUT2D eigenvalue weighted by Crippen LogP contribution is -2.09. The van der Waals surface area contributed by atoms with Crippen LogP contribution in [-0.4, -0.2) is 15.0 Å². The van der Waals surface area contributed by atoms with Gasteiger partial charge in [-0.3, -0.25) is 0 Å². The number of anilines is 1. The molecule has 102 valence electrons. The number of rotatable bonds is 4. The van der Waals surface area contributed by atoms with E-state index in [1.807, 2.05) is 49.5 Å². The molecule has 3 aromatic rings. The van der Waals surface area contributed by atoms with Crippen molar-refractivity contribution in [3.05, 3.63) is 60.3 Å². The number of nitrogens with one attached hydrogen (secondary N) is 1. The summed E-state index contributed by atoms with van der Waals surface area (Å²) >= 11 is 0. The van der Waals surface area contributed by atoms with E-state index in [1.165, 1.54) is 0 Å². The fourth-order valence-corrected chi connectivity index (χ4v) is 2.12. The zero-order valence-electron chi connectivity index (χ0n) is 11.4. The smallest absolute Gasteiger partial charge is 0.126 e. The summed E-state index contributed by atoms with van der Waals surface area (Å²) in [4.78, 5) is 0. The van der Waals surface area contributed by atoms with Gasteiger partial charge in [0, 0.05) is 0 Å². The SMILES string of the molecule is Cc1ccc(C(C)Nc2ccccc2-n2ccnn2)o1. The zero-order chi connectivity index (χ0) is 13.9. The summed E-state index contributed by atoms with van der Waals surface area (Å²) in [6, 6.07) is 12.0. The molecule has 0 saturated carbocycles. The first-order valence-electron chi connectivity index (χ1n) is 6.52. The van der Waals surface area contributed by atoms with Crippen molar-refractivity contribution >= 4 is 5.69 Å². The summed E-state index contributed by atoms with van der Waals surface area (Å²) in [6.07, 6.45) is 3.48. The van der Waals surface area contributed by atoms with Crippen molar-refractivity contribution in [1.29, 1.82) is 0 Å². The van der Waals surface area contributed by atoms with Crippen LogP contribution in [0.3, 0.4) is 0 Å². The number of hydrogen-bond donors (Lipinski definition) is 1. The van der Waals surface area contributed by atoms with Gasteiger partial charge in [0.15, 0.2) is 0 Å². The molecular weight excluding hydrogens is 252 g/mol. The van der Waals surface area contributed by atoms with E-state index in [9.17, 15) is 0 Å². The average molecular weight is 268 g/mol. The van der Waals surface area contributed by atoms with Crippen LogP contribution in [0.1, 0.15) is 24.5 Å². The van der Waals surface area contributed by atoms with Gasteiger partial charge in [-0.2, -0.15) is 0 Å². The molecule has 5 heteroatoms. The van der Waals surface area contributed by atoms with E-state index in [-0.39, 0.29) is 6.04 Å². The Balaban J connectivity index is 1.88. The first kappa shape index (κ1) is 12.5. The molecule has 0 saturated heterocycles. The molecule has 2 aromatic heterocycles. The van der Waals surface area contributed by atoms with Crippen molar-refractivity contribution < 1.29 is 4.42 Å². The Morgan fingerprint density at radius 3 is 2.75 bits per heavy atom. The maximum atomic E-state index is 5.65. The van der Waals surface area contributed by atoms with E-state index in [2.05, 4.69) is 22.6 Å². The molecule has 0 bridgehead atoms. The van der Waals surface area contributed by atoms with Crippen LogP contribution in [0, 0.1) is 6.92 Å². The number of para-hydroxylation sites is 2. The summed E-state index contributed by atoms with van der Waals surface area (Å²) in [6.45, 7) is 4.01. The van der Waals surface area contributed by atoms with Gasteiger partial charge >= 0.3 is 0 Å². The van der Waals surface area contributed by atoms with Gasteiger partial charge in [0.05, 0.1) is 29.8 Å². The zero-order valence-corrected chi connectivity index (χ0v) is 11.4. The van der Waals surface area contributed by atoms with Gasteiger partial charge in [0.2, 0.25) is 0 Å². The molecule has 3 rings (SSSR count). The Kier molecular flexibility index (Phi) is 3.25. The molecule has 0 spiro atoms. The largest absolute Gasteiger partial charge is 0.464 e. The maximum Gasteiger partial charge on any atom is 0.126 e. The summed E-state index contributed by atoms with van der Waals surface area (Å²) in [5.74, 6) is 1.83. The second kappa shape index (κ2) is 5.21. The molecule has 0 fully saturated rings. The highest BCUT2D eigenvalue weighted by molar-refractivity contribution is 5.61. The minimum Gasteiger partial charge on any atom is -0.464 e. The number of hydrogen-bond acceptors (Lipinski definition) is 4. The first-order valence-corrected chi connectivity index (χ1v) is 6.52. The van der Waals surface area contributed by atoms with Crippen LogP contribution < -0.4 is 5.32 Å². The van der Waals surface area contributed by atoms with Crippen LogP contribution in [0.2, 0.25) is 0 Å². The van der Waals surface area contributed by atoms with Gasteiger partial charge in [0.1, 0.15) is 11.5 Å². The lowest BCUT2D eigenvalue weighted by molar-refractivity contribution is 0.467. The maximum absolute atomic E-state index is 5.65. The van der Waals surface area contributed by atoms with Crippen molar-refractivity contribution in [1.82, 2.24) is 15.0 Å². The number of nitrogens with zero attached hydrogens (tertiary/aromatic N) is 3. The molecule has 1 atom stereocenters. The Morgan fingerprint density at radius 2 is 2.05 bits per heavy atom. The summed E-state index contributed by atoms with van der Waals surface area (Å²) in [5, 5.41) is 11.3. The molecule has 0 aliphatic heterocycles. The highest BCUT2D eigenvalue weighted by atomic mass is 16.3. The van der Waals surface area contributed by atoms with Crippen LogP contribution in [-0.2, 0) is 0 Å². The van der Waals surface area contributed by atoms with Gasteiger partial charge in [-0.25, -0.2) is 4.68 Å². The third kappa shape index (κ3) is 2.42. The average Bonchev–Trinajstić information content (AvgIpc) is 3.10. The minimum absolute atomic E-state index is 0.0772. The van der Waals surface area contributed by atoms with E-state index < -0.39 is 0 Å². The highest BCUT2D eigenvalue weighted by Crippen LogP contribution is 2.25. The normalized spacial score (nSPS) is 12.3. The van der Waals surface area contributed by atoms with E-state index in [1.54, 1.807) is 10.9 Å². The van der Waals surface area contributed by atoms with Crippen LogP contribution >= 0.6 is 0 Å². The molecule has 0 aliphatic carbocycles. The Hall–Kier alpha value is -2.56. The number of benzene rings is 1. The predicted octanol–water partition coefficient (Wildman–Crippen LogP) is 3.34. The number of furan rings is 1. The van der Waals surface area contributed by atoms with Gasteiger partial charge in [-0.15, -0.1) is 5.10 Å². The fraction of sp³-hybridized carbons (Fsp3) is 0.200. The Labute approximate surface area is 117 Å². The lowest BCUT2D eigenvalue weighted by atomic mass is 10.2. The van der Waals surface area contributed by atoms with Crippen molar-refractivity contribution in [3.63, 3.8) is 0 Å². The summed E-state index contributed by atoms with van der Waals surface area (Å²) < 4.78 is 7.39. The van der Waals surface area contributed by atoms with E-state index in [0.717, 1.165) is 22.9 Å². The van der Waals surface area contributed by atoms with Gasteiger partial charge in [-0.1, -0.05) is 17.3 Å². The third-order valence-corrected chi connectivity index (χ3v) is 3.13. The molecule has 0 amide bonds. The second-order valence-electron chi connectivity index (χ2n) is 4.68. The molecule has 1 N–H and O–H groups in total. The van der Waals surface area contributed by atoms with Crippen molar-refractivity contribution in [2.45, 2.75) is 19.9 Å². The van der Waals surface area contributed by atoms with Crippen LogP contribution in [0.15, 0.2) is 53.2 Å². The number of aromatic nitrogens is 3. The van der Waals surface area contributed by atoms with E-state index >= 15 is 0 Å². The molecule has 1 unspecified atom stereocenters. The molecule has 0 aliphatic rings. The molecule has 0 radical (unpaired) electrons. The molecule has 20 heavy (non-hydrogen) atoms. The van der Waals surface area contributed by atoms with Crippen molar-refractivity contribution in [2.75, 3.05) is 5.32 Å². The molecular formula is C15H16N4O. The summed E-state index contributed by atoms with van der Waals surface area (Å²) in [5.41, 5.74) is 1.94. The second-order valence-corrected chi connectivity index (χ2v) is 4.68. The Morgan fingerprint density at radius 1 is 1.20 bits per heavy atom. The quantitative estimate of drug-likeness (QED) is 0.788. The highest BCUT2D eigenvalue weighted by Gasteiger charge is 2.12. The lowest BCUT2D eigenvalue weighted by Gasteiger charge is -2.16. The number of aryl methyl sites for hydroxylation is 1. The van der Waals surface area contributed by atoms with Crippen LogP contribution in [0.25, 0.3) is 5.69 Å². The Bertz CT molecular complexity index is 687. The van der Waals surface area contributed by atoms with Crippen molar-refractivity contribution in [2.24, 2.45) is 0 Å². The monoisotopic (exact) mass is 268 g/mol.